The van der Waals surface area contributed by atoms with Crippen molar-refractivity contribution in [3.63, 3.8) is 0 Å². The lowest BCUT2D eigenvalue weighted by molar-refractivity contribution is -0.141. The van der Waals surface area contributed by atoms with E-state index in [1.165, 1.54) is 10.7 Å². The van der Waals surface area contributed by atoms with Gasteiger partial charge in [-0.1, -0.05) is 97.6 Å². The van der Waals surface area contributed by atoms with Crippen molar-refractivity contribution < 1.29 is 18.0 Å². The number of carbonyl (C=O) groups excluding carboxylic acids is 2. The number of rotatable bonds is 13. The molecule has 1 atom stereocenters. The van der Waals surface area contributed by atoms with Gasteiger partial charge in [-0.3, -0.25) is 13.9 Å². The molecule has 1 aliphatic rings. The quantitative estimate of drug-likeness (QED) is 0.243. The molecule has 0 aromatic heterocycles. The van der Waals surface area contributed by atoms with Gasteiger partial charge in [-0.25, -0.2) is 8.42 Å². The molecule has 1 fully saturated rings. The Hall–Kier alpha value is -3.36. The highest BCUT2D eigenvalue weighted by molar-refractivity contribution is 7.92. The van der Waals surface area contributed by atoms with E-state index in [1.54, 1.807) is 23.1 Å². The van der Waals surface area contributed by atoms with E-state index in [1.807, 2.05) is 67.6 Å². The number of nitrogens with one attached hydrogen (secondary N) is 1. The number of benzene rings is 3. The summed E-state index contributed by atoms with van der Waals surface area (Å²) in [6, 6.07) is 24.0. The number of halogens is 1. The SMILES string of the molecule is Cc1ccc(Cl)cc1N(CCCC(=O)N(Cc1ccccc1)[C@H](Cc1ccccc1)C(=O)NC1CCCCC1)S(C)(=O)=O. The summed E-state index contributed by atoms with van der Waals surface area (Å²) >= 11 is 6.19. The Balaban J connectivity index is 1.58. The van der Waals surface area contributed by atoms with Crippen LogP contribution in [0.4, 0.5) is 5.69 Å². The zero-order valence-corrected chi connectivity index (χ0v) is 26.6. The Morgan fingerprint density at radius 2 is 1.56 bits per heavy atom. The van der Waals surface area contributed by atoms with Crippen LogP contribution in [-0.4, -0.2) is 50.0 Å². The molecule has 1 N–H and O–H groups in total. The highest BCUT2D eigenvalue weighted by Gasteiger charge is 2.32. The maximum Gasteiger partial charge on any atom is 0.243 e. The maximum absolute atomic E-state index is 14.0. The van der Waals surface area contributed by atoms with Crippen LogP contribution in [0.2, 0.25) is 5.02 Å². The van der Waals surface area contributed by atoms with Gasteiger partial charge in [0, 0.05) is 37.0 Å². The number of hydrogen-bond acceptors (Lipinski definition) is 4. The number of nitrogens with zero attached hydrogens (tertiary/aromatic N) is 2. The third kappa shape index (κ3) is 9.57. The lowest BCUT2D eigenvalue weighted by Crippen LogP contribution is -2.52. The number of anilines is 1. The third-order valence-corrected chi connectivity index (χ3v) is 9.43. The molecule has 2 amide bonds. The van der Waals surface area contributed by atoms with Gasteiger partial charge in [-0.15, -0.1) is 0 Å². The summed E-state index contributed by atoms with van der Waals surface area (Å²) in [5, 5.41) is 3.69. The van der Waals surface area contributed by atoms with Gasteiger partial charge >= 0.3 is 0 Å². The van der Waals surface area contributed by atoms with Gasteiger partial charge < -0.3 is 10.2 Å². The van der Waals surface area contributed by atoms with E-state index in [-0.39, 0.29) is 43.8 Å². The fraction of sp³-hybridized carbons (Fsp3) is 0.412. The molecule has 3 aromatic rings. The minimum atomic E-state index is -3.63. The summed E-state index contributed by atoms with van der Waals surface area (Å²) in [7, 11) is -3.63. The fourth-order valence-corrected chi connectivity index (χ4v) is 6.89. The van der Waals surface area contributed by atoms with Gasteiger partial charge in [0.1, 0.15) is 6.04 Å². The van der Waals surface area contributed by atoms with Crippen LogP contribution >= 0.6 is 11.6 Å². The Labute approximate surface area is 261 Å². The number of carbonyl (C=O) groups is 2. The van der Waals surface area contributed by atoms with Crippen molar-refractivity contribution in [3.8, 4) is 0 Å². The second kappa shape index (κ2) is 15.4. The minimum Gasteiger partial charge on any atom is -0.352 e. The molecule has 1 aliphatic carbocycles. The molecule has 7 nitrogen and oxygen atoms in total. The maximum atomic E-state index is 14.0. The third-order valence-electron chi connectivity index (χ3n) is 8.01. The van der Waals surface area contributed by atoms with E-state index in [0.717, 1.165) is 48.6 Å². The second-order valence-corrected chi connectivity index (χ2v) is 13.8. The van der Waals surface area contributed by atoms with Crippen molar-refractivity contribution in [2.75, 3.05) is 17.1 Å². The van der Waals surface area contributed by atoms with Gasteiger partial charge in [0.05, 0.1) is 11.9 Å². The van der Waals surface area contributed by atoms with E-state index in [0.29, 0.717) is 17.1 Å². The molecule has 43 heavy (non-hydrogen) atoms. The molecular formula is C34H42ClN3O4S. The van der Waals surface area contributed by atoms with Crippen molar-refractivity contribution in [3.05, 3.63) is 101 Å². The Kier molecular flexibility index (Phi) is 11.7. The van der Waals surface area contributed by atoms with Crippen LogP contribution in [0.15, 0.2) is 78.9 Å². The summed E-state index contributed by atoms with van der Waals surface area (Å²) in [6.45, 7) is 2.22. The molecule has 3 aromatic carbocycles. The second-order valence-electron chi connectivity index (χ2n) is 11.4. The first-order chi connectivity index (χ1) is 20.6. The number of aryl methyl sites for hydroxylation is 1. The first kappa shape index (κ1) is 32.6. The van der Waals surface area contributed by atoms with Crippen LogP contribution in [0.25, 0.3) is 0 Å². The summed E-state index contributed by atoms with van der Waals surface area (Å²) in [6.07, 6.45) is 7.15. The van der Waals surface area contributed by atoms with Gasteiger partial charge in [-0.2, -0.15) is 0 Å². The fourth-order valence-electron chi connectivity index (χ4n) is 5.71. The van der Waals surface area contributed by atoms with Crippen molar-refractivity contribution in [2.45, 2.75) is 76.9 Å². The summed E-state index contributed by atoms with van der Waals surface area (Å²) in [5.74, 6) is -0.341. The molecule has 0 spiro atoms. The van der Waals surface area contributed by atoms with Gasteiger partial charge in [0.25, 0.3) is 0 Å². The highest BCUT2D eigenvalue weighted by atomic mass is 35.5. The molecule has 0 radical (unpaired) electrons. The monoisotopic (exact) mass is 623 g/mol. The van der Waals surface area contributed by atoms with E-state index in [2.05, 4.69) is 5.32 Å². The smallest absolute Gasteiger partial charge is 0.243 e. The Morgan fingerprint density at radius 1 is 0.930 bits per heavy atom. The van der Waals surface area contributed by atoms with Crippen LogP contribution in [0.5, 0.6) is 0 Å². The standard InChI is InChI=1S/C34H42ClN3O4S/c1-26-20-21-29(35)24-31(26)38(43(2,41)42)22-12-19-33(39)37(25-28-15-8-4-9-16-28)32(23-27-13-6-3-7-14-27)34(40)36-30-17-10-5-11-18-30/h3-4,6-9,13-16,20-21,24,30,32H,5,10-12,17-19,22-23,25H2,1-2H3,(H,36,40)/t32-/m1/s1. The van der Waals surface area contributed by atoms with E-state index < -0.39 is 16.1 Å². The largest absolute Gasteiger partial charge is 0.352 e. The topological polar surface area (TPSA) is 86.8 Å². The van der Waals surface area contributed by atoms with Crippen molar-refractivity contribution >= 4 is 39.1 Å². The molecule has 0 unspecified atom stereocenters. The lowest BCUT2D eigenvalue weighted by atomic mass is 9.94. The zero-order valence-electron chi connectivity index (χ0n) is 25.0. The molecule has 0 saturated heterocycles. The zero-order chi connectivity index (χ0) is 30.8. The summed E-state index contributed by atoms with van der Waals surface area (Å²) in [5.41, 5.74) is 3.16. The van der Waals surface area contributed by atoms with Crippen molar-refractivity contribution in [1.29, 1.82) is 0 Å². The minimum absolute atomic E-state index is 0.0838. The van der Waals surface area contributed by atoms with Crippen LogP contribution < -0.4 is 9.62 Å². The number of hydrogen-bond donors (Lipinski definition) is 1. The average Bonchev–Trinajstić information content (AvgIpc) is 2.99. The first-order valence-corrected chi connectivity index (χ1v) is 17.3. The summed E-state index contributed by atoms with van der Waals surface area (Å²) in [4.78, 5) is 29.6. The molecule has 0 bridgehead atoms. The average molecular weight is 624 g/mol. The molecular weight excluding hydrogens is 582 g/mol. The van der Waals surface area contributed by atoms with E-state index in [4.69, 9.17) is 11.6 Å². The molecule has 1 saturated carbocycles. The van der Waals surface area contributed by atoms with Gasteiger partial charge in [-0.05, 0) is 55.0 Å². The number of sulfonamides is 1. The van der Waals surface area contributed by atoms with Crippen molar-refractivity contribution in [2.24, 2.45) is 0 Å². The predicted octanol–water partition coefficient (Wildman–Crippen LogP) is 6.28. The molecule has 230 valence electrons. The van der Waals surface area contributed by atoms with Crippen LogP contribution in [0.1, 0.15) is 61.6 Å². The summed E-state index contributed by atoms with van der Waals surface area (Å²) < 4.78 is 26.8. The van der Waals surface area contributed by atoms with E-state index in [9.17, 15) is 18.0 Å². The van der Waals surface area contributed by atoms with Crippen molar-refractivity contribution in [1.82, 2.24) is 10.2 Å². The first-order valence-electron chi connectivity index (χ1n) is 15.0. The van der Waals surface area contributed by atoms with Crippen LogP contribution in [0.3, 0.4) is 0 Å². The normalized spacial score (nSPS) is 14.6. The van der Waals surface area contributed by atoms with Gasteiger partial charge in [0.2, 0.25) is 21.8 Å². The molecule has 0 aliphatic heterocycles. The Bertz CT molecular complexity index is 1460. The Morgan fingerprint density at radius 3 is 2.19 bits per heavy atom. The van der Waals surface area contributed by atoms with Crippen LogP contribution in [0, 0.1) is 6.92 Å². The molecule has 0 heterocycles. The van der Waals surface area contributed by atoms with Gasteiger partial charge in [0.15, 0.2) is 0 Å². The molecule has 4 rings (SSSR count). The number of amides is 2. The lowest BCUT2D eigenvalue weighted by Gasteiger charge is -2.34. The van der Waals surface area contributed by atoms with Crippen LogP contribution in [-0.2, 0) is 32.6 Å². The molecule has 9 heteroatoms. The van der Waals surface area contributed by atoms with E-state index >= 15 is 0 Å². The predicted molar refractivity (Wildman–Crippen MR) is 174 cm³/mol. The highest BCUT2D eigenvalue weighted by Crippen LogP contribution is 2.27.